The van der Waals surface area contributed by atoms with Gasteiger partial charge in [0.25, 0.3) is 0 Å². The minimum Gasteiger partial charge on any atom is -0.448 e. The number of carbonyl (C=O) groups is 3. The van der Waals surface area contributed by atoms with Gasteiger partial charge in [0.05, 0.1) is 23.7 Å². The van der Waals surface area contributed by atoms with E-state index in [9.17, 15) is 9.59 Å². The summed E-state index contributed by atoms with van der Waals surface area (Å²) in [5, 5.41) is 0. The van der Waals surface area contributed by atoms with Gasteiger partial charge in [0.2, 0.25) is 5.78 Å². The van der Waals surface area contributed by atoms with Crippen LogP contribution in [0.4, 0.5) is 0 Å². The van der Waals surface area contributed by atoms with Gasteiger partial charge in [-0.3, -0.25) is 9.59 Å². The molecule has 0 bridgehead atoms. The van der Waals surface area contributed by atoms with Crippen molar-refractivity contribution in [2.45, 2.75) is 130 Å². The highest BCUT2D eigenvalue weighted by Gasteiger charge is 2.78. The Morgan fingerprint density at radius 1 is 1.04 bits per heavy atom. The molecule has 2 saturated heterocycles. The summed E-state index contributed by atoms with van der Waals surface area (Å²) in [4.78, 5) is 42.0. The Balaban J connectivity index is 1.53. The van der Waals surface area contributed by atoms with Gasteiger partial charge in [-0.2, -0.15) is 0 Å². The SMILES string of the molecule is CC[Si](CC)(CC)O[C@]12C(=O)[C@H](OC(=O)c3ccccc3)CO[C@H]1O[C@@H]1[C@]3(C)CC[C@@]4(C)CCC(C(C)C)=C4[C@H]3CC=C(C=O)[C@]12C. The molecular weight excluding hydrogens is 609 g/mol. The van der Waals surface area contributed by atoms with Crippen molar-refractivity contribution in [1.82, 2.24) is 0 Å². The van der Waals surface area contributed by atoms with E-state index in [1.165, 1.54) is 0 Å². The lowest BCUT2D eigenvalue weighted by Crippen LogP contribution is -2.71. The van der Waals surface area contributed by atoms with Gasteiger partial charge in [-0.25, -0.2) is 4.79 Å². The summed E-state index contributed by atoms with van der Waals surface area (Å²) < 4.78 is 27.0. The second-order valence-electron chi connectivity index (χ2n) is 15.8. The Kier molecular flexibility index (Phi) is 8.94. The van der Waals surface area contributed by atoms with E-state index >= 15 is 4.79 Å². The Labute approximate surface area is 282 Å². The molecule has 8 heteroatoms. The molecule has 0 spiro atoms. The number of rotatable bonds is 9. The van der Waals surface area contributed by atoms with Gasteiger partial charge in [0, 0.05) is 5.41 Å². The fourth-order valence-corrected chi connectivity index (χ4v) is 13.3. The molecule has 1 aromatic rings. The monoisotopic (exact) mass is 662 g/mol. The molecule has 256 valence electrons. The van der Waals surface area contributed by atoms with E-state index in [2.05, 4.69) is 54.5 Å². The van der Waals surface area contributed by atoms with Crippen LogP contribution in [0.15, 0.2) is 53.1 Å². The van der Waals surface area contributed by atoms with Gasteiger partial charge >= 0.3 is 5.97 Å². The first-order valence-electron chi connectivity index (χ1n) is 18.0. The van der Waals surface area contributed by atoms with Crippen LogP contribution in [0.25, 0.3) is 0 Å². The predicted octanol–water partition coefficient (Wildman–Crippen LogP) is 8.00. The third-order valence-electron chi connectivity index (χ3n) is 13.4. The average Bonchev–Trinajstić information content (AvgIpc) is 3.53. The fraction of sp³-hybridized carbons (Fsp3) is 0.667. The second kappa shape index (κ2) is 12.2. The number of fused-ring (bicyclic) bond motifs is 7. The van der Waals surface area contributed by atoms with Crippen LogP contribution in [-0.2, 0) is 28.2 Å². The molecule has 5 aliphatic rings. The third kappa shape index (κ3) is 4.86. The van der Waals surface area contributed by atoms with Crippen molar-refractivity contribution >= 4 is 26.4 Å². The summed E-state index contributed by atoms with van der Waals surface area (Å²) in [5.41, 5.74) is 0.895. The van der Waals surface area contributed by atoms with Crippen molar-refractivity contribution in [3.8, 4) is 0 Å². The molecule has 2 heterocycles. The largest absolute Gasteiger partial charge is 0.448 e. The molecule has 47 heavy (non-hydrogen) atoms. The lowest BCUT2D eigenvalue weighted by atomic mass is 9.50. The number of Topliss-reactive ketones (excluding diaryl/α,β-unsaturated/α-hetero) is 1. The molecule has 2 aliphatic heterocycles. The fourth-order valence-electron chi connectivity index (χ4n) is 10.3. The minimum absolute atomic E-state index is 0.122. The molecule has 3 fully saturated rings. The van der Waals surface area contributed by atoms with Crippen LogP contribution in [0.2, 0.25) is 18.1 Å². The number of ether oxygens (including phenoxy) is 3. The topological polar surface area (TPSA) is 88.1 Å². The zero-order chi connectivity index (χ0) is 34.0. The molecule has 0 N–H and O–H groups in total. The van der Waals surface area contributed by atoms with Gasteiger partial charge in [-0.1, -0.05) is 83.9 Å². The quantitative estimate of drug-likeness (QED) is 0.115. The predicted molar refractivity (Wildman–Crippen MR) is 183 cm³/mol. The molecule has 7 nitrogen and oxygen atoms in total. The van der Waals surface area contributed by atoms with E-state index in [0.29, 0.717) is 23.5 Å². The van der Waals surface area contributed by atoms with Crippen LogP contribution in [0.5, 0.6) is 0 Å². The van der Waals surface area contributed by atoms with E-state index in [1.54, 1.807) is 35.4 Å². The van der Waals surface area contributed by atoms with Crippen LogP contribution in [0.1, 0.15) is 97.9 Å². The van der Waals surface area contributed by atoms with Crippen molar-refractivity contribution < 1.29 is 33.0 Å². The van der Waals surface area contributed by atoms with Crippen LogP contribution >= 0.6 is 0 Å². The molecular formula is C39H54O7Si. The first kappa shape index (κ1) is 34.5. The number of ketones is 1. The van der Waals surface area contributed by atoms with Crippen molar-refractivity contribution in [1.29, 1.82) is 0 Å². The molecule has 1 aromatic carbocycles. The molecule has 3 aliphatic carbocycles. The van der Waals surface area contributed by atoms with E-state index in [1.807, 2.05) is 13.0 Å². The van der Waals surface area contributed by atoms with Crippen LogP contribution < -0.4 is 0 Å². The summed E-state index contributed by atoms with van der Waals surface area (Å²) in [6.45, 7) is 17.6. The smallest absolute Gasteiger partial charge is 0.338 e. The third-order valence-corrected chi connectivity index (χ3v) is 18.0. The summed E-state index contributed by atoms with van der Waals surface area (Å²) in [6, 6.07) is 11.1. The number of carbonyl (C=O) groups excluding carboxylic acids is 3. The summed E-state index contributed by atoms with van der Waals surface area (Å²) in [6.07, 6.45) is 5.16. The number of hydrogen-bond acceptors (Lipinski definition) is 7. The summed E-state index contributed by atoms with van der Waals surface area (Å²) in [5.74, 6) is -0.344. The highest BCUT2D eigenvalue weighted by Crippen LogP contribution is 2.70. The molecule has 0 amide bonds. The second-order valence-corrected chi connectivity index (χ2v) is 20.5. The van der Waals surface area contributed by atoms with E-state index in [4.69, 9.17) is 18.6 Å². The standard InChI is InChI=1S/C39H54O7Si/c1-9-47(10-2,11-3)46-39-32(41)30(44-33(42)26-15-13-12-14-16-26)24-43-35(39)45-34-37(7)22-21-36(6)20-19-28(25(4)5)31(36)29(37)18-17-27(23-40)38(34,39)8/h12-17,23,25,29-30,34-35H,9-11,18-22,24H2,1-8H3/t29-,30-,34-,35+,36-,37-,38-,39-/m1/s1. The maximum atomic E-state index is 15.3. The average molecular weight is 663 g/mol. The van der Waals surface area contributed by atoms with Crippen molar-refractivity contribution in [3.63, 3.8) is 0 Å². The highest BCUT2D eigenvalue weighted by atomic mass is 28.4. The Morgan fingerprint density at radius 3 is 2.34 bits per heavy atom. The number of esters is 1. The lowest BCUT2D eigenvalue weighted by molar-refractivity contribution is -0.238. The molecule has 0 aromatic heterocycles. The first-order valence-corrected chi connectivity index (χ1v) is 20.5. The van der Waals surface area contributed by atoms with Crippen LogP contribution in [-0.4, -0.2) is 57.1 Å². The van der Waals surface area contributed by atoms with Crippen LogP contribution in [0.3, 0.4) is 0 Å². The van der Waals surface area contributed by atoms with Gasteiger partial charge in [-0.05, 0) is 92.1 Å². The number of allylic oxidation sites excluding steroid dienone is 3. The Bertz CT molecular complexity index is 1470. The zero-order valence-corrected chi connectivity index (χ0v) is 30.6. The maximum absolute atomic E-state index is 15.3. The lowest BCUT2D eigenvalue weighted by Gasteiger charge is -2.56. The first-order chi connectivity index (χ1) is 22.3. The molecule has 1 saturated carbocycles. The van der Waals surface area contributed by atoms with Gasteiger partial charge in [0.1, 0.15) is 6.29 Å². The number of aldehydes is 1. The van der Waals surface area contributed by atoms with Gasteiger partial charge in [-0.15, -0.1) is 0 Å². The zero-order valence-electron chi connectivity index (χ0n) is 29.6. The summed E-state index contributed by atoms with van der Waals surface area (Å²) >= 11 is 0. The van der Waals surface area contributed by atoms with E-state index < -0.39 is 49.2 Å². The Morgan fingerprint density at radius 2 is 1.72 bits per heavy atom. The summed E-state index contributed by atoms with van der Waals surface area (Å²) in [7, 11) is -2.56. The van der Waals surface area contributed by atoms with Crippen molar-refractivity contribution in [2.24, 2.45) is 28.1 Å². The number of hydrogen-bond donors (Lipinski definition) is 0. The van der Waals surface area contributed by atoms with Gasteiger partial charge in [0.15, 0.2) is 26.3 Å². The molecule has 6 rings (SSSR count). The molecule has 0 unspecified atom stereocenters. The van der Waals surface area contributed by atoms with Crippen molar-refractivity contribution in [3.05, 3.63) is 58.7 Å². The Hall–Kier alpha value is -2.39. The molecule has 8 atom stereocenters. The van der Waals surface area contributed by atoms with E-state index in [-0.39, 0.29) is 23.7 Å². The van der Waals surface area contributed by atoms with E-state index in [0.717, 1.165) is 50.1 Å². The highest BCUT2D eigenvalue weighted by molar-refractivity contribution is 6.73. The van der Waals surface area contributed by atoms with Crippen molar-refractivity contribution in [2.75, 3.05) is 6.61 Å². The minimum atomic E-state index is -2.56. The van der Waals surface area contributed by atoms with Gasteiger partial charge < -0.3 is 18.6 Å². The van der Waals surface area contributed by atoms with Crippen LogP contribution in [0, 0.1) is 28.1 Å². The normalized spacial score (nSPS) is 38.2. The number of benzene rings is 1. The molecule has 0 radical (unpaired) electrons. The maximum Gasteiger partial charge on any atom is 0.338 e.